The van der Waals surface area contributed by atoms with E-state index in [0.29, 0.717) is 24.9 Å². The first-order chi connectivity index (χ1) is 17.4. The van der Waals surface area contributed by atoms with Crippen molar-refractivity contribution in [3.05, 3.63) is 35.9 Å². The van der Waals surface area contributed by atoms with Crippen molar-refractivity contribution in [2.24, 2.45) is 17.2 Å². The van der Waals surface area contributed by atoms with Gasteiger partial charge in [-0.2, -0.15) is 0 Å². The van der Waals surface area contributed by atoms with Gasteiger partial charge in [-0.15, -0.1) is 0 Å². The summed E-state index contributed by atoms with van der Waals surface area (Å²) >= 11 is 0. The van der Waals surface area contributed by atoms with Crippen molar-refractivity contribution in [3.63, 3.8) is 0 Å². The van der Waals surface area contributed by atoms with Crippen LogP contribution in [0.4, 0.5) is 0 Å². The second-order valence-corrected chi connectivity index (χ2v) is 8.37. The summed E-state index contributed by atoms with van der Waals surface area (Å²) in [6.45, 7) is 0.315. The van der Waals surface area contributed by atoms with Gasteiger partial charge in [0.2, 0.25) is 23.6 Å². The minimum atomic E-state index is -1.55. The van der Waals surface area contributed by atoms with Gasteiger partial charge in [0, 0.05) is 6.42 Å². The SMILES string of the molecule is NCCCCC(NC(=O)C(CC(N)=O)NC(=O)C(N)CC(=O)O)C(=O)NC(Cc1ccccc1)C(=O)O. The van der Waals surface area contributed by atoms with Gasteiger partial charge in [-0.1, -0.05) is 30.3 Å². The standard InChI is InChI=1S/C23H34N6O8/c24-9-5-4-8-15(21(34)29-17(23(36)37)10-13-6-2-1-3-7-13)27-22(35)16(12-18(26)30)28-20(33)14(25)11-19(31)32/h1-3,6-7,14-17H,4-5,8-12,24-25H2,(H2,26,30)(H,27,35)(H,28,33)(H,29,34)(H,31,32)(H,36,37). The number of unbranched alkanes of at least 4 members (excludes halogenated alkanes) is 1. The van der Waals surface area contributed by atoms with E-state index in [4.69, 9.17) is 22.3 Å². The molecule has 0 saturated heterocycles. The normalized spacial score (nSPS) is 13.9. The van der Waals surface area contributed by atoms with Gasteiger partial charge in [-0.05, 0) is 31.4 Å². The van der Waals surface area contributed by atoms with E-state index in [1.165, 1.54) is 0 Å². The molecule has 11 N–H and O–H groups in total. The first-order valence-corrected chi connectivity index (χ1v) is 11.6. The Morgan fingerprint density at radius 3 is 1.89 bits per heavy atom. The van der Waals surface area contributed by atoms with Crippen molar-refractivity contribution in [3.8, 4) is 0 Å². The number of carbonyl (C=O) groups excluding carboxylic acids is 4. The topological polar surface area (TPSA) is 257 Å². The molecule has 14 heteroatoms. The first kappa shape index (κ1) is 31.0. The Morgan fingerprint density at radius 1 is 0.784 bits per heavy atom. The van der Waals surface area contributed by atoms with Crippen molar-refractivity contribution in [1.82, 2.24) is 16.0 Å². The van der Waals surface area contributed by atoms with Gasteiger partial charge in [0.05, 0.1) is 18.9 Å². The maximum atomic E-state index is 13.0. The maximum Gasteiger partial charge on any atom is 0.326 e. The van der Waals surface area contributed by atoms with Gasteiger partial charge in [0.1, 0.15) is 18.1 Å². The van der Waals surface area contributed by atoms with Gasteiger partial charge in [-0.25, -0.2) is 4.79 Å². The van der Waals surface area contributed by atoms with Crippen LogP contribution in [-0.4, -0.2) is 76.5 Å². The number of hydrogen-bond acceptors (Lipinski definition) is 8. The van der Waals surface area contributed by atoms with Crippen LogP contribution in [-0.2, 0) is 35.2 Å². The minimum absolute atomic E-state index is 0.00674. The number of nitrogens with two attached hydrogens (primary N) is 3. The molecular formula is C23H34N6O8. The Labute approximate surface area is 213 Å². The van der Waals surface area contributed by atoms with Gasteiger partial charge in [-0.3, -0.25) is 24.0 Å². The fourth-order valence-corrected chi connectivity index (χ4v) is 3.33. The molecule has 0 aromatic heterocycles. The van der Waals surface area contributed by atoms with E-state index in [1.807, 2.05) is 0 Å². The van der Waals surface area contributed by atoms with Gasteiger partial charge in [0.15, 0.2) is 0 Å². The Balaban J connectivity index is 3.02. The number of primary amides is 1. The molecule has 0 bridgehead atoms. The largest absolute Gasteiger partial charge is 0.481 e. The second kappa shape index (κ2) is 15.9. The first-order valence-electron chi connectivity index (χ1n) is 11.6. The van der Waals surface area contributed by atoms with E-state index in [2.05, 4.69) is 16.0 Å². The lowest BCUT2D eigenvalue weighted by molar-refractivity contribution is -0.142. The highest BCUT2D eigenvalue weighted by Gasteiger charge is 2.31. The molecule has 0 heterocycles. The molecule has 0 aliphatic rings. The molecule has 37 heavy (non-hydrogen) atoms. The van der Waals surface area contributed by atoms with Crippen molar-refractivity contribution < 1.29 is 39.0 Å². The van der Waals surface area contributed by atoms with Gasteiger partial charge in [0.25, 0.3) is 0 Å². The van der Waals surface area contributed by atoms with Crippen LogP contribution in [0.15, 0.2) is 30.3 Å². The lowest BCUT2D eigenvalue weighted by atomic mass is 10.0. The number of carbonyl (C=O) groups is 6. The maximum absolute atomic E-state index is 13.0. The van der Waals surface area contributed by atoms with Crippen molar-refractivity contribution in [1.29, 1.82) is 0 Å². The van der Waals surface area contributed by atoms with Crippen LogP contribution in [0.3, 0.4) is 0 Å². The van der Waals surface area contributed by atoms with Crippen LogP contribution >= 0.6 is 0 Å². The fourth-order valence-electron chi connectivity index (χ4n) is 3.33. The predicted octanol–water partition coefficient (Wildman–Crippen LogP) is -2.43. The summed E-state index contributed by atoms with van der Waals surface area (Å²) in [5.74, 6) is -6.35. The molecule has 14 nitrogen and oxygen atoms in total. The summed E-state index contributed by atoms with van der Waals surface area (Å²) in [4.78, 5) is 72.1. The number of aliphatic carboxylic acids is 2. The zero-order valence-electron chi connectivity index (χ0n) is 20.2. The summed E-state index contributed by atoms with van der Waals surface area (Å²) in [7, 11) is 0. The summed E-state index contributed by atoms with van der Waals surface area (Å²) in [6, 6.07) is 3.05. The van der Waals surface area contributed by atoms with E-state index in [1.54, 1.807) is 30.3 Å². The highest BCUT2D eigenvalue weighted by Crippen LogP contribution is 2.07. The van der Waals surface area contributed by atoms with Gasteiger partial charge >= 0.3 is 11.9 Å². The second-order valence-electron chi connectivity index (χ2n) is 8.37. The third-order valence-electron chi connectivity index (χ3n) is 5.25. The van der Waals surface area contributed by atoms with E-state index >= 15 is 0 Å². The Kier molecular flexibility index (Phi) is 13.3. The number of rotatable bonds is 17. The molecule has 1 aromatic rings. The van der Waals surface area contributed by atoms with Crippen molar-refractivity contribution in [2.75, 3.05) is 6.54 Å². The zero-order valence-corrected chi connectivity index (χ0v) is 20.2. The third-order valence-corrected chi connectivity index (χ3v) is 5.25. The molecule has 4 amide bonds. The number of carboxylic acid groups (broad SMARTS) is 2. The molecule has 1 rings (SSSR count). The Morgan fingerprint density at radius 2 is 1.35 bits per heavy atom. The Bertz CT molecular complexity index is 958. The van der Waals surface area contributed by atoms with E-state index in [9.17, 15) is 33.9 Å². The number of nitrogens with one attached hydrogen (secondary N) is 3. The molecule has 1 aromatic carbocycles. The number of carboxylic acids is 2. The average Bonchev–Trinajstić information content (AvgIpc) is 2.82. The molecule has 0 fully saturated rings. The summed E-state index contributed by atoms with van der Waals surface area (Å²) in [5.41, 5.74) is 16.8. The molecule has 4 unspecified atom stereocenters. The fraction of sp³-hybridized carbons (Fsp3) is 0.478. The number of amides is 4. The molecule has 0 aliphatic carbocycles. The van der Waals surface area contributed by atoms with E-state index < -0.39 is 72.6 Å². The summed E-state index contributed by atoms with van der Waals surface area (Å²) in [6.07, 6.45) is -0.381. The smallest absolute Gasteiger partial charge is 0.326 e. The molecule has 0 spiro atoms. The lowest BCUT2D eigenvalue weighted by Crippen LogP contribution is -2.58. The quantitative estimate of drug-likeness (QED) is 0.100. The zero-order chi connectivity index (χ0) is 28.0. The monoisotopic (exact) mass is 522 g/mol. The van der Waals surface area contributed by atoms with Crippen LogP contribution in [0.5, 0.6) is 0 Å². The molecule has 0 saturated carbocycles. The van der Waals surface area contributed by atoms with Crippen LogP contribution < -0.4 is 33.2 Å². The van der Waals surface area contributed by atoms with E-state index in [-0.39, 0.29) is 12.8 Å². The molecule has 4 atom stereocenters. The summed E-state index contributed by atoms with van der Waals surface area (Å²) in [5, 5.41) is 25.4. The number of hydrogen-bond donors (Lipinski definition) is 8. The van der Waals surface area contributed by atoms with Crippen LogP contribution in [0.25, 0.3) is 0 Å². The highest BCUT2D eigenvalue weighted by atomic mass is 16.4. The van der Waals surface area contributed by atoms with Crippen LogP contribution in [0, 0.1) is 0 Å². The van der Waals surface area contributed by atoms with Crippen molar-refractivity contribution >= 4 is 35.6 Å². The summed E-state index contributed by atoms with van der Waals surface area (Å²) < 4.78 is 0. The number of benzene rings is 1. The van der Waals surface area contributed by atoms with Crippen LogP contribution in [0.2, 0.25) is 0 Å². The predicted molar refractivity (Wildman–Crippen MR) is 131 cm³/mol. The molecular weight excluding hydrogens is 488 g/mol. The third kappa shape index (κ3) is 12.0. The molecule has 204 valence electrons. The van der Waals surface area contributed by atoms with Crippen LogP contribution in [0.1, 0.15) is 37.7 Å². The van der Waals surface area contributed by atoms with Crippen molar-refractivity contribution in [2.45, 2.75) is 62.7 Å². The minimum Gasteiger partial charge on any atom is -0.481 e. The molecule has 0 radical (unpaired) electrons. The average molecular weight is 523 g/mol. The van der Waals surface area contributed by atoms with Gasteiger partial charge < -0.3 is 43.4 Å². The highest BCUT2D eigenvalue weighted by molar-refractivity contribution is 5.96. The molecule has 0 aliphatic heterocycles. The lowest BCUT2D eigenvalue weighted by Gasteiger charge is -2.25. The van der Waals surface area contributed by atoms with E-state index in [0.717, 1.165) is 0 Å². The Hall–Kier alpha value is -4.04.